The van der Waals surface area contributed by atoms with Crippen molar-refractivity contribution in [3.05, 3.63) is 41.7 Å². The topological polar surface area (TPSA) is 44.3 Å². The maximum atomic E-state index is 6.16. The molecule has 0 amide bonds. The molecule has 0 bridgehead atoms. The Balaban J connectivity index is 1.76. The molecule has 5 nitrogen and oxygen atoms in total. The lowest BCUT2D eigenvalue weighted by atomic mass is 10.3. The summed E-state index contributed by atoms with van der Waals surface area (Å²) in [6, 6.07) is 9.60. The van der Waals surface area contributed by atoms with Gasteiger partial charge in [0, 0.05) is 32.2 Å². The second-order valence-electron chi connectivity index (χ2n) is 5.16. The van der Waals surface area contributed by atoms with Crippen LogP contribution in [0.3, 0.4) is 0 Å². The first kappa shape index (κ1) is 14.1. The molecule has 1 N–H and O–H groups in total. The van der Waals surface area contributed by atoms with Crippen LogP contribution in [0, 0.1) is 0 Å². The number of piperazine rings is 1. The maximum Gasteiger partial charge on any atom is 0.135 e. The molecule has 2 heterocycles. The van der Waals surface area contributed by atoms with Gasteiger partial charge in [0.2, 0.25) is 0 Å². The molecule has 1 aromatic carbocycles. The van der Waals surface area contributed by atoms with Gasteiger partial charge in [-0.05, 0) is 19.2 Å². The molecule has 1 saturated heterocycles. The number of anilines is 3. The van der Waals surface area contributed by atoms with Crippen LogP contribution >= 0.6 is 11.6 Å². The van der Waals surface area contributed by atoms with Crippen LogP contribution in [-0.4, -0.2) is 48.1 Å². The van der Waals surface area contributed by atoms with Gasteiger partial charge in [0.15, 0.2) is 0 Å². The van der Waals surface area contributed by atoms with Gasteiger partial charge in [-0.3, -0.25) is 0 Å². The molecule has 0 radical (unpaired) electrons. The second-order valence-corrected chi connectivity index (χ2v) is 5.56. The molecule has 21 heavy (non-hydrogen) atoms. The molecule has 1 aliphatic rings. The summed E-state index contributed by atoms with van der Waals surface area (Å²) in [7, 11) is 2.14. The smallest absolute Gasteiger partial charge is 0.135 e. The molecular weight excluding hydrogens is 286 g/mol. The molecule has 0 atom stereocenters. The van der Waals surface area contributed by atoms with E-state index in [9.17, 15) is 0 Å². The van der Waals surface area contributed by atoms with E-state index in [0.717, 1.165) is 43.5 Å². The highest BCUT2D eigenvalue weighted by molar-refractivity contribution is 6.33. The lowest BCUT2D eigenvalue weighted by Gasteiger charge is -2.33. The monoisotopic (exact) mass is 303 g/mol. The van der Waals surface area contributed by atoms with Crippen LogP contribution in [0.15, 0.2) is 36.7 Å². The fourth-order valence-electron chi connectivity index (χ4n) is 2.32. The van der Waals surface area contributed by atoms with E-state index >= 15 is 0 Å². The van der Waals surface area contributed by atoms with Gasteiger partial charge in [0.25, 0.3) is 0 Å². The van der Waals surface area contributed by atoms with Crippen molar-refractivity contribution >= 4 is 28.9 Å². The molecule has 0 saturated carbocycles. The molecule has 6 heteroatoms. The predicted molar refractivity (Wildman–Crippen MR) is 86.5 cm³/mol. The summed E-state index contributed by atoms with van der Waals surface area (Å²) in [4.78, 5) is 13.2. The van der Waals surface area contributed by atoms with Gasteiger partial charge < -0.3 is 15.1 Å². The Morgan fingerprint density at radius 1 is 1.10 bits per heavy atom. The van der Waals surface area contributed by atoms with Gasteiger partial charge >= 0.3 is 0 Å². The summed E-state index contributed by atoms with van der Waals surface area (Å²) < 4.78 is 0. The molecule has 2 aromatic rings. The number of benzene rings is 1. The minimum absolute atomic E-state index is 0.678. The molecule has 3 rings (SSSR count). The van der Waals surface area contributed by atoms with Crippen LogP contribution in [-0.2, 0) is 0 Å². The Morgan fingerprint density at radius 2 is 1.86 bits per heavy atom. The van der Waals surface area contributed by atoms with Gasteiger partial charge in [-0.2, -0.15) is 0 Å². The summed E-state index contributed by atoms with van der Waals surface area (Å²) in [5.41, 5.74) is 0.849. The average Bonchev–Trinajstić information content (AvgIpc) is 2.51. The Kier molecular flexibility index (Phi) is 4.22. The van der Waals surface area contributed by atoms with Gasteiger partial charge in [-0.25, -0.2) is 9.97 Å². The number of likely N-dealkylation sites (N-methyl/N-ethyl adjacent to an activating group) is 1. The van der Waals surface area contributed by atoms with Crippen LogP contribution < -0.4 is 10.2 Å². The molecule has 110 valence electrons. The molecule has 1 aliphatic heterocycles. The Hall–Kier alpha value is -1.85. The molecule has 1 aromatic heterocycles. The molecule has 0 unspecified atom stereocenters. The quantitative estimate of drug-likeness (QED) is 0.944. The third-order valence-electron chi connectivity index (χ3n) is 3.62. The first-order valence-corrected chi connectivity index (χ1v) is 7.37. The lowest BCUT2D eigenvalue weighted by molar-refractivity contribution is 0.312. The van der Waals surface area contributed by atoms with Crippen LogP contribution in [0.25, 0.3) is 0 Å². The minimum atomic E-state index is 0.678. The Bertz CT molecular complexity index is 611. The molecule has 1 fully saturated rings. The van der Waals surface area contributed by atoms with Gasteiger partial charge in [-0.15, -0.1) is 0 Å². The van der Waals surface area contributed by atoms with Crippen molar-refractivity contribution in [2.75, 3.05) is 43.4 Å². The number of rotatable bonds is 3. The van der Waals surface area contributed by atoms with E-state index in [2.05, 4.69) is 32.1 Å². The zero-order chi connectivity index (χ0) is 14.7. The number of para-hydroxylation sites is 1. The maximum absolute atomic E-state index is 6.16. The third kappa shape index (κ3) is 3.43. The van der Waals surface area contributed by atoms with Crippen LogP contribution in [0.1, 0.15) is 0 Å². The zero-order valence-electron chi connectivity index (χ0n) is 12.0. The number of hydrogen-bond donors (Lipinski definition) is 1. The van der Waals surface area contributed by atoms with Crippen molar-refractivity contribution in [3.8, 4) is 0 Å². The van der Waals surface area contributed by atoms with E-state index in [0.29, 0.717) is 5.02 Å². The van der Waals surface area contributed by atoms with Crippen LogP contribution in [0.5, 0.6) is 0 Å². The van der Waals surface area contributed by atoms with Crippen molar-refractivity contribution in [2.45, 2.75) is 0 Å². The zero-order valence-corrected chi connectivity index (χ0v) is 12.7. The molecular formula is C15H18ClN5. The number of nitrogens with one attached hydrogen (secondary N) is 1. The van der Waals surface area contributed by atoms with Crippen molar-refractivity contribution in [1.29, 1.82) is 0 Å². The summed E-state index contributed by atoms with van der Waals surface area (Å²) in [6.07, 6.45) is 1.59. The van der Waals surface area contributed by atoms with Gasteiger partial charge in [0.05, 0.1) is 10.7 Å². The van der Waals surface area contributed by atoms with Crippen molar-refractivity contribution in [1.82, 2.24) is 14.9 Å². The summed E-state index contributed by atoms with van der Waals surface area (Å²) >= 11 is 6.16. The van der Waals surface area contributed by atoms with Crippen molar-refractivity contribution in [2.24, 2.45) is 0 Å². The van der Waals surface area contributed by atoms with E-state index in [4.69, 9.17) is 11.6 Å². The third-order valence-corrected chi connectivity index (χ3v) is 3.95. The van der Waals surface area contributed by atoms with E-state index in [-0.39, 0.29) is 0 Å². The fourth-order valence-corrected chi connectivity index (χ4v) is 2.51. The van der Waals surface area contributed by atoms with E-state index in [1.807, 2.05) is 30.3 Å². The van der Waals surface area contributed by atoms with E-state index in [1.54, 1.807) is 6.33 Å². The largest absolute Gasteiger partial charge is 0.354 e. The Labute approximate surface area is 129 Å². The SMILES string of the molecule is CN1CCN(c2cc(Nc3ccccc3Cl)ncn2)CC1. The summed E-state index contributed by atoms with van der Waals surface area (Å²) in [6.45, 7) is 4.08. The fraction of sp³-hybridized carbons (Fsp3) is 0.333. The minimum Gasteiger partial charge on any atom is -0.354 e. The lowest BCUT2D eigenvalue weighted by Crippen LogP contribution is -2.44. The number of hydrogen-bond acceptors (Lipinski definition) is 5. The predicted octanol–water partition coefficient (Wildman–Crippen LogP) is 2.63. The number of halogens is 1. The summed E-state index contributed by atoms with van der Waals surface area (Å²) in [5, 5.41) is 3.92. The molecule has 0 aliphatic carbocycles. The summed E-state index contributed by atoms with van der Waals surface area (Å²) in [5.74, 6) is 1.71. The second kappa shape index (κ2) is 6.28. The highest BCUT2D eigenvalue weighted by Gasteiger charge is 2.15. The van der Waals surface area contributed by atoms with Crippen molar-refractivity contribution < 1.29 is 0 Å². The standard InChI is InChI=1S/C15H18ClN5/c1-20-6-8-21(9-7-20)15-10-14(17-11-18-15)19-13-5-3-2-4-12(13)16/h2-5,10-11H,6-9H2,1H3,(H,17,18,19). The number of nitrogens with zero attached hydrogens (tertiary/aromatic N) is 4. The number of aromatic nitrogens is 2. The highest BCUT2D eigenvalue weighted by atomic mass is 35.5. The first-order valence-electron chi connectivity index (χ1n) is 6.99. The van der Waals surface area contributed by atoms with Crippen LogP contribution in [0.2, 0.25) is 5.02 Å². The van der Waals surface area contributed by atoms with Gasteiger partial charge in [0.1, 0.15) is 18.0 Å². The van der Waals surface area contributed by atoms with E-state index < -0.39 is 0 Å². The van der Waals surface area contributed by atoms with Crippen molar-refractivity contribution in [3.63, 3.8) is 0 Å². The first-order chi connectivity index (χ1) is 10.2. The normalized spacial score (nSPS) is 16.0. The van der Waals surface area contributed by atoms with Gasteiger partial charge in [-0.1, -0.05) is 23.7 Å². The molecule has 0 spiro atoms. The average molecular weight is 304 g/mol. The van der Waals surface area contributed by atoms with E-state index in [1.165, 1.54) is 0 Å². The van der Waals surface area contributed by atoms with Crippen LogP contribution in [0.4, 0.5) is 17.3 Å². The Morgan fingerprint density at radius 3 is 2.62 bits per heavy atom. The highest BCUT2D eigenvalue weighted by Crippen LogP contribution is 2.25.